The summed E-state index contributed by atoms with van der Waals surface area (Å²) in [6.07, 6.45) is 41.8. The van der Waals surface area contributed by atoms with E-state index in [1.165, 1.54) is 211 Å². The molecule has 0 saturated heterocycles. The van der Waals surface area contributed by atoms with E-state index in [4.69, 9.17) is 0 Å². The van der Waals surface area contributed by atoms with Crippen LogP contribution in [0.25, 0.3) is 0 Å². The molecule has 0 aliphatic heterocycles. The van der Waals surface area contributed by atoms with Crippen molar-refractivity contribution < 1.29 is 0 Å². The van der Waals surface area contributed by atoms with Gasteiger partial charge in [-0.15, -0.1) is 0 Å². The van der Waals surface area contributed by atoms with Crippen molar-refractivity contribution in [3.63, 3.8) is 0 Å². The second kappa shape index (κ2) is 32.1. The molecule has 0 aliphatic carbocycles. The van der Waals surface area contributed by atoms with Crippen LogP contribution in [-0.2, 0) is 6.42 Å². The molecule has 0 N–H and O–H groups in total. The van der Waals surface area contributed by atoms with E-state index in [1.54, 1.807) is 0 Å². The van der Waals surface area contributed by atoms with Crippen molar-refractivity contribution in [1.29, 1.82) is 0 Å². The SMILES string of the molecule is CCCCCCCCCCCCCCCCN(CCCCCCCCCCCCCCCC)CCc1ccccc1. The third kappa shape index (κ3) is 27.7. The van der Waals surface area contributed by atoms with E-state index in [0.717, 1.165) is 0 Å². The molecule has 240 valence electrons. The van der Waals surface area contributed by atoms with Gasteiger partial charge in [0.25, 0.3) is 0 Å². The molecule has 1 rings (SSSR count). The molecule has 0 aromatic heterocycles. The maximum atomic E-state index is 2.79. The van der Waals surface area contributed by atoms with Gasteiger partial charge < -0.3 is 4.90 Å². The minimum Gasteiger partial charge on any atom is -0.303 e. The predicted octanol–water partition coefficient (Wildman–Crippen LogP) is 13.5. The van der Waals surface area contributed by atoms with Crippen LogP contribution in [0.1, 0.15) is 199 Å². The van der Waals surface area contributed by atoms with E-state index in [1.807, 2.05) is 0 Å². The fraction of sp³-hybridized carbons (Fsp3) is 0.850. The fourth-order valence-electron chi connectivity index (χ4n) is 6.33. The molecule has 1 nitrogen and oxygen atoms in total. The molecule has 0 spiro atoms. The molecule has 1 aromatic rings. The van der Waals surface area contributed by atoms with E-state index in [0.29, 0.717) is 0 Å². The third-order valence-corrected chi connectivity index (χ3v) is 9.22. The number of nitrogens with zero attached hydrogens (tertiary/aromatic N) is 1. The molecular weight excluding hydrogens is 494 g/mol. The summed E-state index contributed by atoms with van der Waals surface area (Å²) in [5.74, 6) is 0. The van der Waals surface area contributed by atoms with Crippen LogP contribution in [0.3, 0.4) is 0 Å². The lowest BCUT2D eigenvalue weighted by Gasteiger charge is -2.22. The number of rotatable bonds is 33. The standard InChI is InChI=1S/C40H75N/c1-3-5-7-9-11-13-15-17-19-21-23-25-27-32-37-41(39-36-40-34-30-29-31-35-40)38-33-28-26-24-22-20-18-16-14-12-10-8-6-4-2/h29-31,34-35H,3-28,32-33,36-39H2,1-2H3. The van der Waals surface area contributed by atoms with Crippen molar-refractivity contribution in [1.82, 2.24) is 4.90 Å². The number of benzene rings is 1. The lowest BCUT2D eigenvalue weighted by Crippen LogP contribution is -2.28. The van der Waals surface area contributed by atoms with Crippen LogP contribution in [-0.4, -0.2) is 24.5 Å². The minimum absolute atomic E-state index is 1.21. The molecule has 1 heteroatoms. The van der Waals surface area contributed by atoms with Crippen molar-refractivity contribution >= 4 is 0 Å². The summed E-state index contributed by atoms with van der Waals surface area (Å²) in [7, 11) is 0. The quantitative estimate of drug-likeness (QED) is 0.0761. The Labute approximate surface area is 260 Å². The molecule has 0 bridgehead atoms. The molecule has 0 unspecified atom stereocenters. The van der Waals surface area contributed by atoms with Crippen LogP contribution >= 0.6 is 0 Å². The van der Waals surface area contributed by atoms with Crippen LogP contribution in [0, 0.1) is 0 Å². The third-order valence-electron chi connectivity index (χ3n) is 9.22. The molecule has 0 fully saturated rings. The van der Waals surface area contributed by atoms with E-state index in [2.05, 4.69) is 49.1 Å². The Bertz CT molecular complexity index is 564. The van der Waals surface area contributed by atoms with Crippen LogP contribution in [0.15, 0.2) is 30.3 Å². The summed E-state index contributed by atoms with van der Waals surface area (Å²) in [5.41, 5.74) is 1.50. The summed E-state index contributed by atoms with van der Waals surface area (Å²) in [6.45, 7) is 8.47. The molecule has 0 aliphatic rings. The van der Waals surface area contributed by atoms with E-state index in [-0.39, 0.29) is 0 Å². The molecule has 41 heavy (non-hydrogen) atoms. The molecule has 0 saturated carbocycles. The normalized spacial score (nSPS) is 11.6. The van der Waals surface area contributed by atoms with Gasteiger partial charge in [-0.1, -0.05) is 211 Å². The summed E-state index contributed by atoms with van der Waals surface area (Å²) in [4.78, 5) is 2.79. The highest BCUT2D eigenvalue weighted by atomic mass is 15.1. The van der Waals surface area contributed by atoms with Crippen molar-refractivity contribution in [3.8, 4) is 0 Å². The van der Waals surface area contributed by atoms with Crippen LogP contribution in [0.4, 0.5) is 0 Å². The molecule has 0 heterocycles. The Morgan fingerprint density at radius 2 is 0.634 bits per heavy atom. The Morgan fingerprint density at radius 3 is 0.951 bits per heavy atom. The lowest BCUT2D eigenvalue weighted by molar-refractivity contribution is 0.263. The first-order chi connectivity index (χ1) is 20.4. The first-order valence-electron chi connectivity index (χ1n) is 19.1. The van der Waals surface area contributed by atoms with Crippen molar-refractivity contribution in [2.75, 3.05) is 19.6 Å². The van der Waals surface area contributed by atoms with Gasteiger partial charge >= 0.3 is 0 Å². The van der Waals surface area contributed by atoms with Crippen molar-refractivity contribution in [2.45, 2.75) is 200 Å². The summed E-state index contributed by atoms with van der Waals surface area (Å²) in [5, 5.41) is 0. The van der Waals surface area contributed by atoms with Gasteiger partial charge in [0.1, 0.15) is 0 Å². The van der Waals surface area contributed by atoms with Crippen LogP contribution in [0.2, 0.25) is 0 Å². The predicted molar refractivity (Wildman–Crippen MR) is 187 cm³/mol. The molecule has 0 atom stereocenters. The molecule has 0 radical (unpaired) electrons. The summed E-state index contributed by atoms with van der Waals surface area (Å²) < 4.78 is 0. The van der Waals surface area contributed by atoms with Crippen molar-refractivity contribution in [2.24, 2.45) is 0 Å². The van der Waals surface area contributed by atoms with Gasteiger partial charge in [-0.2, -0.15) is 0 Å². The highest BCUT2D eigenvalue weighted by Gasteiger charge is 2.06. The largest absolute Gasteiger partial charge is 0.303 e. The zero-order valence-corrected chi connectivity index (χ0v) is 28.5. The van der Waals surface area contributed by atoms with Gasteiger partial charge in [-0.05, 0) is 37.9 Å². The molecular formula is C40H75N. The highest BCUT2D eigenvalue weighted by Crippen LogP contribution is 2.15. The Morgan fingerprint density at radius 1 is 0.341 bits per heavy atom. The monoisotopic (exact) mass is 570 g/mol. The first-order valence-corrected chi connectivity index (χ1v) is 19.1. The zero-order chi connectivity index (χ0) is 29.3. The number of unbranched alkanes of at least 4 members (excludes halogenated alkanes) is 26. The first kappa shape index (κ1) is 38.2. The van der Waals surface area contributed by atoms with Gasteiger partial charge in [0.05, 0.1) is 0 Å². The summed E-state index contributed by atoms with van der Waals surface area (Å²) in [6, 6.07) is 11.1. The minimum atomic E-state index is 1.21. The topological polar surface area (TPSA) is 3.24 Å². The fourth-order valence-corrected chi connectivity index (χ4v) is 6.33. The molecule has 0 amide bonds. The second-order valence-electron chi connectivity index (χ2n) is 13.3. The maximum Gasteiger partial charge on any atom is 0.00218 e. The van der Waals surface area contributed by atoms with Gasteiger partial charge in [-0.3, -0.25) is 0 Å². The smallest absolute Gasteiger partial charge is 0.00218 e. The van der Waals surface area contributed by atoms with Gasteiger partial charge in [0, 0.05) is 6.54 Å². The van der Waals surface area contributed by atoms with Gasteiger partial charge in [-0.25, -0.2) is 0 Å². The zero-order valence-electron chi connectivity index (χ0n) is 28.5. The number of hydrogen-bond donors (Lipinski definition) is 0. The van der Waals surface area contributed by atoms with Gasteiger partial charge in [0.2, 0.25) is 0 Å². The number of hydrogen-bond acceptors (Lipinski definition) is 1. The highest BCUT2D eigenvalue weighted by molar-refractivity contribution is 5.14. The molecule has 1 aromatic carbocycles. The van der Waals surface area contributed by atoms with Crippen LogP contribution < -0.4 is 0 Å². The summed E-state index contributed by atoms with van der Waals surface area (Å²) >= 11 is 0. The van der Waals surface area contributed by atoms with Crippen LogP contribution in [0.5, 0.6) is 0 Å². The average Bonchev–Trinajstić information content (AvgIpc) is 3.00. The van der Waals surface area contributed by atoms with E-state index < -0.39 is 0 Å². The van der Waals surface area contributed by atoms with Gasteiger partial charge in [0.15, 0.2) is 0 Å². The van der Waals surface area contributed by atoms with E-state index in [9.17, 15) is 0 Å². The van der Waals surface area contributed by atoms with Crippen molar-refractivity contribution in [3.05, 3.63) is 35.9 Å². The maximum absolute atomic E-state index is 2.79. The Hall–Kier alpha value is -0.820. The Balaban J connectivity index is 2.03. The second-order valence-corrected chi connectivity index (χ2v) is 13.3. The Kier molecular flexibility index (Phi) is 29.9. The van der Waals surface area contributed by atoms with E-state index >= 15 is 0 Å². The lowest BCUT2D eigenvalue weighted by atomic mass is 10.0. The average molecular weight is 570 g/mol.